The van der Waals surface area contributed by atoms with Crippen LogP contribution >= 0.6 is 0 Å². The Morgan fingerprint density at radius 2 is 1.84 bits per heavy atom. The summed E-state index contributed by atoms with van der Waals surface area (Å²) < 4.78 is 6.18. The Kier molecular flexibility index (Phi) is 6.49. The van der Waals surface area contributed by atoms with E-state index in [0.29, 0.717) is 30.7 Å². The summed E-state index contributed by atoms with van der Waals surface area (Å²) in [4.78, 5) is 40.1. The van der Waals surface area contributed by atoms with Crippen LogP contribution in [0, 0.1) is 0 Å². The number of nitrogens with zero attached hydrogens (tertiary/aromatic N) is 1. The summed E-state index contributed by atoms with van der Waals surface area (Å²) in [5.74, 6) is 0.197. The Hall–Kier alpha value is -2.57. The predicted molar refractivity (Wildman–Crippen MR) is 117 cm³/mol. The van der Waals surface area contributed by atoms with Crippen molar-refractivity contribution in [3.8, 4) is 5.75 Å². The number of ether oxygens (including phenoxy) is 1. The number of carbonyl (C=O) groups excluding carboxylic acids is 3. The molecule has 0 bridgehead atoms. The van der Waals surface area contributed by atoms with Crippen molar-refractivity contribution in [2.45, 2.75) is 88.9 Å². The molecule has 1 spiro atoms. The largest absolute Gasteiger partial charge is 0.467 e. The van der Waals surface area contributed by atoms with Gasteiger partial charge in [-0.3, -0.25) is 14.4 Å². The molecule has 31 heavy (non-hydrogen) atoms. The van der Waals surface area contributed by atoms with Gasteiger partial charge in [0.05, 0.1) is 5.56 Å². The fourth-order valence-electron chi connectivity index (χ4n) is 4.96. The second kappa shape index (κ2) is 9.28. The quantitative estimate of drug-likeness (QED) is 0.776. The molecule has 0 radical (unpaired) electrons. The number of nitrogens with one attached hydrogen (secondary N) is 2. The molecule has 3 amide bonds. The summed E-state index contributed by atoms with van der Waals surface area (Å²) >= 11 is 0. The van der Waals surface area contributed by atoms with Crippen LogP contribution in [0.3, 0.4) is 0 Å². The molecular weight excluding hydrogens is 394 g/mol. The second-order valence-corrected chi connectivity index (χ2v) is 9.11. The zero-order valence-electron chi connectivity index (χ0n) is 18.3. The molecule has 2 N–H and O–H groups in total. The highest BCUT2D eigenvalue weighted by molar-refractivity contribution is 5.98. The summed E-state index contributed by atoms with van der Waals surface area (Å²) in [7, 11) is 0. The molecular formula is C24H33N3O4. The Morgan fingerprint density at radius 1 is 1.13 bits per heavy atom. The van der Waals surface area contributed by atoms with Gasteiger partial charge < -0.3 is 20.3 Å². The van der Waals surface area contributed by atoms with E-state index in [1.807, 2.05) is 6.07 Å². The summed E-state index contributed by atoms with van der Waals surface area (Å²) in [6, 6.07) is 6.80. The van der Waals surface area contributed by atoms with Crippen molar-refractivity contribution < 1.29 is 19.1 Å². The summed E-state index contributed by atoms with van der Waals surface area (Å²) in [6.07, 6.45) is 9.09. The highest BCUT2D eigenvalue weighted by Crippen LogP contribution is 2.34. The number of benzene rings is 1. The van der Waals surface area contributed by atoms with Gasteiger partial charge in [-0.1, -0.05) is 44.2 Å². The van der Waals surface area contributed by atoms with Gasteiger partial charge >= 0.3 is 0 Å². The van der Waals surface area contributed by atoms with Crippen molar-refractivity contribution >= 4 is 17.7 Å². The monoisotopic (exact) mass is 427 g/mol. The van der Waals surface area contributed by atoms with Gasteiger partial charge in [0.1, 0.15) is 11.8 Å². The fraction of sp³-hybridized carbons (Fsp3) is 0.625. The van der Waals surface area contributed by atoms with Crippen LogP contribution in [0.2, 0.25) is 0 Å². The molecule has 2 aliphatic heterocycles. The number of rotatable bonds is 3. The average molecular weight is 428 g/mol. The number of carbonyl (C=O) groups is 3. The Bertz CT molecular complexity index is 834. The van der Waals surface area contributed by atoms with Gasteiger partial charge in [-0.2, -0.15) is 0 Å². The van der Waals surface area contributed by atoms with Gasteiger partial charge in [0.25, 0.3) is 5.91 Å². The van der Waals surface area contributed by atoms with Crippen LogP contribution in [0.15, 0.2) is 24.3 Å². The van der Waals surface area contributed by atoms with E-state index in [-0.39, 0.29) is 30.2 Å². The van der Waals surface area contributed by atoms with Crippen molar-refractivity contribution in [1.29, 1.82) is 0 Å². The van der Waals surface area contributed by atoms with Crippen LogP contribution in [-0.4, -0.2) is 47.0 Å². The maximum atomic E-state index is 12.9. The molecule has 168 valence electrons. The van der Waals surface area contributed by atoms with E-state index in [1.165, 1.54) is 19.3 Å². The van der Waals surface area contributed by atoms with Gasteiger partial charge in [-0.05, 0) is 31.9 Å². The molecule has 1 saturated carbocycles. The van der Waals surface area contributed by atoms with E-state index < -0.39 is 11.8 Å². The third-order valence-corrected chi connectivity index (χ3v) is 6.90. The third-order valence-electron chi connectivity index (χ3n) is 6.90. The number of likely N-dealkylation sites (tertiary alicyclic amines) is 1. The summed E-state index contributed by atoms with van der Waals surface area (Å²) in [6.45, 7) is 2.16. The molecule has 1 aliphatic carbocycles. The number of hydrogen-bond acceptors (Lipinski definition) is 4. The van der Waals surface area contributed by atoms with Crippen LogP contribution in [0.4, 0.5) is 0 Å². The van der Waals surface area contributed by atoms with E-state index in [9.17, 15) is 14.4 Å². The highest BCUT2D eigenvalue weighted by atomic mass is 16.5. The van der Waals surface area contributed by atoms with Crippen molar-refractivity contribution in [3.63, 3.8) is 0 Å². The smallest absolute Gasteiger partial charge is 0.258 e. The molecule has 2 fully saturated rings. The minimum absolute atomic E-state index is 0.0751. The van der Waals surface area contributed by atoms with Crippen LogP contribution in [0.25, 0.3) is 0 Å². The molecule has 7 nitrogen and oxygen atoms in total. The van der Waals surface area contributed by atoms with Crippen molar-refractivity contribution in [1.82, 2.24) is 15.5 Å². The van der Waals surface area contributed by atoms with E-state index in [4.69, 9.17) is 4.74 Å². The van der Waals surface area contributed by atoms with E-state index in [2.05, 4.69) is 10.6 Å². The number of hydrogen-bond donors (Lipinski definition) is 2. The van der Waals surface area contributed by atoms with Crippen LogP contribution in [0.1, 0.15) is 81.5 Å². The van der Waals surface area contributed by atoms with Crippen molar-refractivity contribution in [3.05, 3.63) is 29.8 Å². The normalized spacial score (nSPS) is 26.0. The van der Waals surface area contributed by atoms with Gasteiger partial charge in [-0.25, -0.2) is 0 Å². The van der Waals surface area contributed by atoms with Crippen LogP contribution in [0.5, 0.6) is 5.75 Å². The Labute approximate surface area is 183 Å². The third kappa shape index (κ3) is 4.86. The van der Waals surface area contributed by atoms with Gasteiger partial charge in [0.15, 0.2) is 5.72 Å². The average Bonchev–Trinajstić information content (AvgIpc) is 2.88. The molecule has 2 atom stereocenters. The van der Waals surface area contributed by atoms with Crippen molar-refractivity contribution in [2.75, 3.05) is 6.54 Å². The molecule has 2 heterocycles. The molecule has 1 saturated heterocycles. The van der Waals surface area contributed by atoms with Crippen LogP contribution in [-0.2, 0) is 9.59 Å². The SMILES string of the molecule is CC(C(=O)NC1CCCCCCC1)N1CCC2(CCC1=O)NC(=O)c1ccccc1O2. The lowest BCUT2D eigenvalue weighted by atomic mass is 9.96. The van der Waals surface area contributed by atoms with Crippen LogP contribution < -0.4 is 15.4 Å². The number of amides is 3. The second-order valence-electron chi connectivity index (χ2n) is 9.11. The maximum absolute atomic E-state index is 12.9. The lowest BCUT2D eigenvalue weighted by Gasteiger charge is -2.38. The molecule has 7 heteroatoms. The summed E-state index contributed by atoms with van der Waals surface area (Å²) in [5.41, 5.74) is -0.404. The van der Waals surface area contributed by atoms with Gasteiger partial charge in [-0.15, -0.1) is 0 Å². The first-order valence-electron chi connectivity index (χ1n) is 11.7. The molecule has 1 aromatic carbocycles. The van der Waals surface area contributed by atoms with Crippen molar-refractivity contribution in [2.24, 2.45) is 0 Å². The molecule has 4 rings (SSSR count). The summed E-state index contributed by atoms with van der Waals surface area (Å²) in [5, 5.41) is 6.16. The lowest BCUT2D eigenvalue weighted by molar-refractivity contribution is -0.139. The topological polar surface area (TPSA) is 87.7 Å². The number of fused-ring (bicyclic) bond motifs is 1. The Morgan fingerprint density at radius 3 is 2.61 bits per heavy atom. The number of para-hydroxylation sites is 1. The standard InChI is InChI=1S/C24H33N3O4/c1-17(22(29)25-18-9-5-3-2-4-6-10-18)27-16-15-24(14-13-21(27)28)26-23(30)19-11-7-8-12-20(19)31-24/h7-8,11-12,17-18H,2-6,9-10,13-16H2,1H3,(H,25,29)(H,26,30). The molecule has 2 unspecified atom stereocenters. The minimum Gasteiger partial charge on any atom is -0.467 e. The highest BCUT2D eigenvalue weighted by Gasteiger charge is 2.43. The first kappa shape index (κ1) is 21.7. The first-order chi connectivity index (χ1) is 15.0. The minimum atomic E-state index is -0.911. The van der Waals surface area contributed by atoms with Gasteiger partial charge in [0, 0.05) is 31.8 Å². The maximum Gasteiger partial charge on any atom is 0.258 e. The van der Waals surface area contributed by atoms with E-state index in [0.717, 1.165) is 25.7 Å². The van der Waals surface area contributed by atoms with Gasteiger partial charge in [0.2, 0.25) is 11.8 Å². The molecule has 1 aromatic rings. The predicted octanol–water partition coefficient (Wildman–Crippen LogP) is 3.14. The zero-order valence-corrected chi connectivity index (χ0v) is 18.3. The zero-order chi connectivity index (χ0) is 21.8. The Balaban J connectivity index is 1.41. The fourth-order valence-corrected chi connectivity index (χ4v) is 4.96. The lowest BCUT2D eigenvalue weighted by Crippen LogP contribution is -2.56. The van der Waals surface area contributed by atoms with E-state index >= 15 is 0 Å². The molecule has 0 aromatic heterocycles. The van der Waals surface area contributed by atoms with E-state index in [1.54, 1.807) is 30.0 Å². The molecule has 3 aliphatic rings. The first-order valence-corrected chi connectivity index (χ1v) is 11.7.